The lowest BCUT2D eigenvalue weighted by atomic mass is 9.91. The van der Waals surface area contributed by atoms with Gasteiger partial charge in [-0.15, -0.1) is 0 Å². The molecule has 0 aromatic carbocycles. The molecule has 1 amide bonds. The maximum Gasteiger partial charge on any atom is 0.228 e. The second-order valence-electron chi connectivity index (χ2n) is 8.31. The summed E-state index contributed by atoms with van der Waals surface area (Å²) in [5.41, 5.74) is -0.279. The zero-order valence-corrected chi connectivity index (χ0v) is 15.3. The molecule has 3 heteroatoms. The van der Waals surface area contributed by atoms with Gasteiger partial charge in [-0.3, -0.25) is 4.79 Å². The summed E-state index contributed by atoms with van der Waals surface area (Å²) >= 11 is 0. The number of rotatable bonds is 5. The lowest BCUT2D eigenvalue weighted by Gasteiger charge is -2.43. The summed E-state index contributed by atoms with van der Waals surface area (Å²) < 4.78 is 0. The second kappa shape index (κ2) is 7.62. The molecule has 1 heterocycles. The van der Waals surface area contributed by atoms with Gasteiger partial charge in [-0.2, -0.15) is 0 Å². The molecule has 0 atom stereocenters. The van der Waals surface area contributed by atoms with Crippen LogP contribution < -0.4 is 0 Å². The van der Waals surface area contributed by atoms with Crippen LogP contribution in [0.1, 0.15) is 67.7 Å². The van der Waals surface area contributed by atoms with Crippen LogP contribution in [0.4, 0.5) is 0 Å². The van der Waals surface area contributed by atoms with E-state index in [4.69, 9.17) is 0 Å². The smallest absolute Gasteiger partial charge is 0.228 e. The SMILES string of the molecule is CC(C)CCN1CCC(N(C(=O)C(C)(C)C)C(C)C)CC1. The molecular weight excluding hydrogens is 260 g/mol. The Bertz CT molecular complexity index is 323. The van der Waals surface area contributed by atoms with E-state index in [1.54, 1.807) is 0 Å². The summed E-state index contributed by atoms with van der Waals surface area (Å²) in [7, 11) is 0. The van der Waals surface area contributed by atoms with Crippen LogP contribution >= 0.6 is 0 Å². The van der Waals surface area contributed by atoms with Gasteiger partial charge in [0.2, 0.25) is 5.91 Å². The Morgan fingerprint density at radius 2 is 1.67 bits per heavy atom. The van der Waals surface area contributed by atoms with Gasteiger partial charge in [0, 0.05) is 30.6 Å². The van der Waals surface area contributed by atoms with E-state index in [-0.39, 0.29) is 5.41 Å². The molecule has 3 nitrogen and oxygen atoms in total. The number of carbonyl (C=O) groups excluding carboxylic acids is 1. The van der Waals surface area contributed by atoms with Gasteiger partial charge in [-0.1, -0.05) is 34.6 Å². The van der Waals surface area contributed by atoms with E-state index in [1.165, 1.54) is 13.0 Å². The average molecular weight is 296 g/mol. The zero-order chi connectivity index (χ0) is 16.2. The van der Waals surface area contributed by atoms with Gasteiger partial charge in [0.05, 0.1) is 0 Å². The minimum Gasteiger partial charge on any atom is -0.337 e. The third kappa shape index (κ3) is 5.61. The van der Waals surface area contributed by atoms with E-state index in [9.17, 15) is 4.79 Å². The third-order valence-corrected chi connectivity index (χ3v) is 4.41. The van der Waals surface area contributed by atoms with Gasteiger partial charge in [-0.25, -0.2) is 0 Å². The summed E-state index contributed by atoms with van der Waals surface area (Å²) in [6.45, 7) is 18.4. The predicted molar refractivity (Wildman–Crippen MR) is 90.4 cm³/mol. The normalized spacial score (nSPS) is 18.5. The molecule has 1 aliphatic rings. The lowest BCUT2D eigenvalue weighted by molar-refractivity contribution is -0.145. The van der Waals surface area contributed by atoms with Crippen LogP contribution in [-0.2, 0) is 4.79 Å². The Morgan fingerprint density at radius 1 is 1.14 bits per heavy atom. The summed E-state index contributed by atoms with van der Waals surface area (Å²) in [5.74, 6) is 1.08. The molecular formula is C18H36N2O. The molecule has 124 valence electrons. The van der Waals surface area contributed by atoms with Crippen LogP contribution in [0.3, 0.4) is 0 Å². The second-order valence-corrected chi connectivity index (χ2v) is 8.31. The number of nitrogens with zero attached hydrogens (tertiary/aromatic N) is 2. The molecule has 0 bridgehead atoms. The maximum atomic E-state index is 12.7. The minimum absolute atomic E-state index is 0.279. The molecule has 1 saturated heterocycles. The zero-order valence-electron chi connectivity index (χ0n) is 15.3. The van der Waals surface area contributed by atoms with Crippen molar-refractivity contribution in [3.05, 3.63) is 0 Å². The minimum atomic E-state index is -0.279. The molecule has 0 aromatic rings. The average Bonchev–Trinajstić information content (AvgIpc) is 2.36. The Labute approximate surface area is 132 Å². The van der Waals surface area contributed by atoms with Crippen molar-refractivity contribution >= 4 is 5.91 Å². The number of carbonyl (C=O) groups is 1. The molecule has 1 aliphatic heterocycles. The van der Waals surface area contributed by atoms with Crippen molar-refractivity contribution in [2.75, 3.05) is 19.6 Å². The quantitative estimate of drug-likeness (QED) is 0.771. The van der Waals surface area contributed by atoms with Crippen LogP contribution in [0.2, 0.25) is 0 Å². The van der Waals surface area contributed by atoms with Crippen LogP contribution in [-0.4, -0.2) is 47.4 Å². The van der Waals surface area contributed by atoms with Gasteiger partial charge in [0.15, 0.2) is 0 Å². The van der Waals surface area contributed by atoms with Gasteiger partial charge in [0.25, 0.3) is 0 Å². The number of hydrogen-bond acceptors (Lipinski definition) is 2. The highest BCUT2D eigenvalue weighted by Gasteiger charge is 2.35. The van der Waals surface area contributed by atoms with E-state index < -0.39 is 0 Å². The van der Waals surface area contributed by atoms with Crippen molar-refractivity contribution in [1.29, 1.82) is 0 Å². The molecule has 1 rings (SSSR count). The van der Waals surface area contributed by atoms with Crippen LogP contribution in [0, 0.1) is 11.3 Å². The molecule has 1 fully saturated rings. The highest BCUT2D eigenvalue weighted by molar-refractivity contribution is 5.82. The van der Waals surface area contributed by atoms with Crippen molar-refractivity contribution < 1.29 is 4.79 Å². The van der Waals surface area contributed by atoms with Gasteiger partial charge < -0.3 is 9.80 Å². The van der Waals surface area contributed by atoms with E-state index in [1.807, 2.05) is 20.8 Å². The fourth-order valence-electron chi connectivity index (χ4n) is 3.07. The molecule has 0 spiro atoms. The molecule has 21 heavy (non-hydrogen) atoms. The first-order valence-electron chi connectivity index (χ1n) is 8.68. The summed E-state index contributed by atoms with van der Waals surface area (Å²) in [6, 6.07) is 0.718. The van der Waals surface area contributed by atoms with Gasteiger partial charge in [0.1, 0.15) is 0 Å². The molecule has 0 unspecified atom stereocenters. The fraction of sp³-hybridized carbons (Fsp3) is 0.944. The van der Waals surface area contributed by atoms with E-state index in [0.717, 1.165) is 31.8 Å². The summed E-state index contributed by atoms with van der Waals surface area (Å²) in [5, 5.41) is 0. The molecule has 0 radical (unpaired) electrons. The molecule has 0 N–H and O–H groups in total. The Morgan fingerprint density at radius 3 is 2.05 bits per heavy atom. The summed E-state index contributed by atoms with van der Waals surface area (Å²) in [6.07, 6.45) is 3.52. The van der Waals surface area contributed by atoms with E-state index in [0.29, 0.717) is 18.0 Å². The molecule has 0 aromatic heterocycles. The summed E-state index contributed by atoms with van der Waals surface area (Å²) in [4.78, 5) is 17.4. The van der Waals surface area contributed by atoms with Crippen molar-refractivity contribution in [3.63, 3.8) is 0 Å². The van der Waals surface area contributed by atoms with Crippen LogP contribution in [0.15, 0.2) is 0 Å². The first kappa shape index (κ1) is 18.5. The Hall–Kier alpha value is -0.570. The standard InChI is InChI=1S/C18H36N2O/c1-14(2)8-11-19-12-9-16(10-13-19)20(15(3)4)17(21)18(5,6)7/h14-16H,8-13H2,1-7H3. The largest absolute Gasteiger partial charge is 0.337 e. The van der Waals surface area contributed by atoms with E-state index in [2.05, 4.69) is 37.5 Å². The Balaban J connectivity index is 2.59. The first-order valence-corrected chi connectivity index (χ1v) is 8.68. The Kier molecular flexibility index (Phi) is 6.71. The fourth-order valence-corrected chi connectivity index (χ4v) is 3.07. The number of hydrogen-bond donors (Lipinski definition) is 0. The topological polar surface area (TPSA) is 23.6 Å². The molecule has 0 aliphatic carbocycles. The van der Waals surface area contributed by atoms with Crippen molar-refractivity contribution in [3.8, 4) is 0 Å². The van der Waals surface area contributed by atoms with E-state index >= 15 is 0 Å². The van der Waals surface area contributed by atoms with Gasteiger partial charge >= 0.3 is 0 Å². The highest BCUT2D eigenvalue weighted by Crippen LogP contribution is 2.26. The lowest BCUT2D eigenvalue weighted by Crippen LogP contribution is -2.53. The highest BCUT2D eigenvalue weighted by atomic mass is 16.2. The monoisotopic (exact) mass is 296 g/mol. The number of amides is 1. The number of likely N-dealkylation sites (tertiary alicyclic amines) is 1. The van der Waals surface area contributed by atoms with Crippen LogP contribution in [0.25, 0.3) is 0 Å². The van der Waals surface area contributed by atoms with Gasteiger partial charge in [-0.05, 0) is 45.6 Å². The first-order chi connectivity index (χ1) is 9.62. The maximum absolute atomic E-state index is 12.7. The van der Waals surface area contributed by atoms with Crippen molar-refractivity contribution in [2.24, 2.45) is 11.3 Å². The number of piperidine rings is 1. The predicted octanol–water partition coefficient (Wildman–Crippen LogP) is 3.78. The van der Waals surface area contributed by atoms with Crippen molar-refractivity contribution in [1.82, 2.24) is 9.80 Å². The molecule has 0 saturated carbocycles. The third-order valence-electron chi connectivity index (χ3n) is 4.41. The van der Waals surface area contributed by atoms with Crippen molar-refractivity contribution in [2.45, 2.75) is 79.8 Å². The van der Waals surface area contributed by atoms with Crippen LogP contribution in [0.5, 0.6) is 0 Å².